The molecule has 94 valence electrons. The summed E-state index contributed by atoms with van der Waals surface area (Å²) >= 11 is 0. The highest BCUT2D eigenvalue weighted by atomic mass is 16.5. The van der Waals surface area contributed by atoms with Crippen molar-refractivity contribution in [2.75, 3.05) is 14.2 Å². The maximum Gasteiger partial charge on any atom is 0.165 e. The van der Waals surface area contributed by atoms with Gasteiger partial charge in [-0.15, -0.1) is 0 Å². The summed E-state index contributed by atoms with van der Waals surface area (Å²) < 4.78 is 10.6. The van der Waals surface area contributed by atoms with Gasteiger partial charge in [0.1, 0.15) is 6.33 Å². The number of nitrogens with zero attached hydrogens (tertiary/aromatic N) is 2. The molecule has 0 saturated heterocycles. The third-order valence-corrected chi connectivity index (χ3v) is 2.71. The van der Waals surface area contributed by atoms with E-state index in [-0.39, 0.29) is 6.04 Å². The molecule has 5 nitrogen and oxygen atoms in total. The van der Waals surface area contributed by atoms with Crippen LogP contribution in [0.4, 0.5) is 0 Å². The monoisotopic (exact) mass is 245 g/mol. The molecule has 0 aliphatic heterocycles. The predicted molar refractivity (Wildman–Crippen MR) is 67.6 cm³/mol. The second kappa shape index (κ2) is 5.46. The van der Waals surface area contributed by atoms with Gasteiger partial charge < -0.3 is 15.2 Å². The number of methoxy groups -OCH3 is 2. The zero-order valence-electron chi connectivity index (χ0n) is 10.3. The molecule has 1 atom stereocenters. The van der Waals surface area contributed by atoms with E-state index in [1.807, 2.05) is 18.2 Å². The Morgan fingerprint density at radius 2 is 1.83 bits per heavy atom. The first-order chi connectivity index (χ1) is 8.77. The summed E-state index contributed by atoms with van der Waals surface area (Å²) in [6.07, 6.45) is 4.85. The summed E-state index contributed by atoms with van der Waals surface area (Å²) in [4.78, 5) is 7.93. The van der Waals surface area contributed by atoms with Gasteiger partial charge in [0.2, 0.25) is 0 Å². The van der Waals surface area contributed by atoms with Crippen LogP contribution in [0.25, 0.3) is 0 Å². The van der Waals surface area contributed by atoms with Gasteiger partial charge in [-0.05, 0) is 6.07 Å². The zero-order valence-corrected chi connectivity index (χ0v) is 10.3. The van der Waals surface area contributed by atoms with E-state index in [4.69, 9.17) is 15.2 Å². The molecule has 2 N–H and O–H groups in total. The molecular formula is C13H15N3O2. The van der Waals surface area contributed by atoms with Crippen molar-refractivity contribution in [3.8, 4) is 11.5 Å². The van der Waals surface area contributed by atoms with Crippen LogP contribution in [0.1, 0.15) is 17.2 Å². The Morgan fingerprint density at radius 3 is 2.44 bits per heavy atom. The largest absolute Gasteiger partial charge is 0.493 e. The maximum atomic E-state index is 6.20. The highest BCUT2D eigenvalue weighted by Gasteiger charge is 2.17. The number of aromatic nitrogens is 2. The lowest BCUT2D eigenvalue weighted by Crippen LogP contribution is -2.14. The number of para-hydroxylation sites is 1. The van der Waals surface area contributed by atoms with Gasteiger partial charge in [-0.25, -0.2) is 9.97 Å². The lowest BCUT2D eigenvalue weighted by Gasteiger charge is -2.17. The van der Waals surface area contributed by atoms with Gasteiger partial charge >= 0.3 is 0 Å². The van der Waals surface area contributed by atoms with Crippen LogP contribution in [0, 0.1) is 0 Å². The fraction of sp³-hybridized carbons (Fsp3) is 0.231. The number of hydrogen-bond donors (Lipinski definition) is 1. The summed E-state index contributed by atoms with van der Waals surface area (Å²) in [5.41, 5.74) is 7.86. The molecule has 1 heterocycles. The molecule has 1 aromatic carbocycles. The van der Waals surface area contributed by atoms with Crippen molar-refractivity contribution in [1.82, 2.24) is 9.97 Å². The van der Waals surface area contributed by atoms with E-state index >= 15 is 0 Å². The first-order valence-corrected chi connectivity index (χ1v) is 5.49. The quantitative estimate of drug-likeness (QED) is 0.884. The second-order valence-corrected chi connectivity index (χ2v) is 3.73. The summed E-state index contributed by atoms with van der Waals surface area (Å²) in [7, 11) is 3.19. The highest BCUT2D eigenvalue weighted by Crippen LogP contribution is 2.35. The van der Waals surface area contributed by atoms with Crippen molar-refractivity contribution >= 4 is 0 Å². The zero-order chi connectivity index (χ0) is 13.0. The summed E-state index contributed by atoms with van der Waals surface area (Å²) in [6, 6.07) is 5.26. The minimum absolute atomic E-state index is 0.351. The average molecular weight is 245 g/mol. The van der Waals surface area contributed by atoms with E-state index in [0.717, 1.165) is 11.1 Å². The van der Waals surface area contributed by atoms with Crippen LogP contribution in [0.3, 0.4) is 0 Å². The Balaban J connectivity index is 2.45. The van der Waals surface area contributed by atoms with Crippen LogP contribution in [0.5, 0.6) is 11.5 Å². The van der Waals surface area contributed by atoms with Crippen LogP contribution >= 0.6 is 0 Å². The van der Waals surface area contributed by atoms with Gasteiger partial charge in [0.25, 0.3) is 0 Å². The van der Waals surface area contributed by atoms with Crippen molar-refractivity contribution < 1.29 is 9.47 Å². The highest BCUT2D eigenvalue weighted by molar-refractivity contribution is 5.50. The minimum Gasteiger partial charge on any atom is -0.493 e. The molecule has 1 unspecified atom stereocenters. The van der Waals surface area contributed by atoms with Gasteiger partial charge in [-0.3, -0.25) is 0 Å². The van der Waals surface area contributed by atoms with Gasteiger partial charge in [-0.2, -0.15) is 0 Å². The number of nitrogens with two attached hydrogens (primary N) is 1. The first-order valence-electron chi connectivity index (χ1n) is 5.49. The topological polar surface area (TPSA) is 70.3 Å². The molecule has 0 fully saturated rings. The SMILES string of the molecule is COc1cccc(C(N)c2cncnc2)c1OC. The predicted octanol–water partition coefficient (Wildman–Crippen LogP) is 1.54. The van der Waals surface area contributed by atoms with E-state index in [2.05, 4.69) is 9.97 Å². The maximum absolute atomic E-state index is 6.20. The number of ether oxygens (including phenoxy) is 2. The van der Waals surface area contributed by atoms with Crippen molar-refractivity contribution in [3.63, 3.8) is 0 Å². The van der Waals surface area contributed by atoms with E-state index < -0.39 is 0 Å². The molecule has 1 aromatic heterocycles. The smallest absolute Gasteiger partial charge is 0.165 e. The lowest BCUT2D eigenvalue weighted by atomic mass is 10.0. The Bertz CT molecular complexity index is 517. The van der Waals surface area contributed by atoms with E-state index in [0.29, 0.717) is 11.5 Å². The molecule has 0 radical (unpaired) electrons. The van der Waals surface area contributed by atoms with E-state index in [9.17, 15) is 0 Å². The lowest BCUT2D eigenvalue weighted by molar-refractivity contribution is 0.350. The fourth-order valence-corrected chi connectivity index (χ4v) is 1.81. The molecule has 0 spiro atoms. The minimum atomic E-state index is -0.351. The van der Waals surface area contributed by atoms with Crippen molar-refractivity contribution in [3.05, 3.63) is 48.0 Å². The van der Waals surface area contributed by atoms with Gasteiger partial charge in [0.05, 0.1) is 20.3 Å². The fourth-order valence-electron chi connectivity index (χ4n) is 1.81. The van der Waals surface area contributed by atoms with Crippen LogP contribution < -0.4 is 15.2 Å². The Labute approximate surface area is 106 Å². The molecule has 2 rings (SSSR count). The first kappa shape index (κ1) is 12.3. The molecule has 0 aliphatic rings. The summed E-state index contributed by atoms with van der Waals surface area (Å²) in [5.74, 6) is 1.29. The molecule has 2 aromatic rings. The Kier molecular flexibility index (Phi) is 3.74. The van der Waals surface area contributed by atoms with Crippen LogP contribution in [-0.2, 0) is 0 Å². The van der Waals surface area contributed by atoms with Gasteiger partial charge in [0.15, 0.2) is 11.5 Å². The van der Waals surface area contributed by atoms with Crippen molar-refractivity contribution in [2.45, 2.75) is 6.04 Å². The van der Waals surface area contributed by atoms with Crippen molar-refractivity contribution in [2.24, 2.45) is 5.73 Å². The van der Waals surface area contributed by atoms with E-state index in [1.165, 1.54) is 6.33 Å². The number of rotatable bonds is 4. The third kappa shape index (κ3) is 2.26. The number of hydrogen-bond acceptors (Lipinski definition) is 5. The van der Waals surface area contributed by atoms with E-state index in [1.54, 1.807) is 26.6 Å². The molecule has 5 heteroatoms. The van der Waals surface area contributed by atoms with Gasteiger partial charge in [-0.1, -0.05) is 12.1 Å². The molecular weight excluding hydrogens is 230 g/mol. The summed E-state index contributed by atoms with van der Waals surface area (Å²) in [6.45, 7) is 0. The Hall–Kier alpha value is -2.14. The molecule has 0 saturated carbocycles. The molecule has 0 bridgehead atoms. The second-order valence-electron chi connectivity index (χ2n) is 3.73. The van der Waals surface area contributed by atoms with Gasteiger partial charge in [0, 0.05) is 23.5 Å². The van der Waals surface area contributed by atoms with Crippen molar-refractivity contribution in [1.29, 1.82) is 0 Å². The molecule has 18 heavy (non-hydrogen) atoms. The summed E-state index contributed by atoms with van der Waals surface area (Å²) in [5, 5.41) is 0. The number of benzene rings is 1. The molecule has 0 aliphatic carbocycles. The van der Waals surface area contributed by atoms with Crippen LogP contribution in [0.2, 0.25) is 0 Å². The van der Waals surface area contributed by atoms with Crippen LogP contribution in [0.15, 0.2) is 36.9 Å². The third-order valence-electron chi connectivity index (χ3n) is 2.71. The Morgan fingerprint density at radius 1 is 1.11 bits per heavy atom. The standard InChI is InChI=1S/C13H15N3O2/c1-17-11-5-3-4-10(13(11)18-2)12(14)9-6-15-8-16-7-9/h3-8,12H,14H2,1-2H3. The molecule has 0 amide bonds. The average Bonchev–Trinajstić information content (AvgIpc) is 2.46. The normalized spacial score (nSPS) is 11.9. The van der Waals surface area contributed by atoms with Crippen LogP contribution in [-0.4, -0.2) is 24.2 Å².